The largest absolute Gasteiger partial charge is 0.383 e. The zero-order valence-corrected chi connectivity index (χ0v) is 14.9. The highest BCUT2D eigenvalue weighted by molar-refractivity contribution is 7.19. The predicted octanol–water partition coefficient (Wildman–Crippen LogP) is 2.08. The molecule has 2 aromatic heterocycles. The third-order valence-electron chi connectivity index (χ3n) is 4.02. The van der Waals surface area contributed by atoms with Crippen molar-refractivity contribution in [2.75, 3.05) is 5.73 Å². The van der Waals surface area contributed by atoms with E-state index in [9.17, 15) is 19.7 Å². The Hall–Kier alpha value is -3.92. The number of hydrogen-bond donors (Lipinski definition) is 1. The van der Waals surface area contributed by atoms with E-state index in [-0.39, 0.29) is 22.7 Å². The molecule has 1 aromatic carbocycles. The number of allylic oxidation sites excluding steroid dienone is 4. The van der Waals surface area contributed by atoms with Crippen LogP contribution in [0.15, 0.2) is 64.6 Å². The number of fused-ring (bicyclic) bond motifs is 1. The van der Waals surface area contributed by atoms with Crippen molar-refractivity contribution in [3.05, 3.63) is 85.9 Å². The summed E-state index contributed by atoms with van der Waals surface area (Å²) in [5, 5.41) is 16.0. The molecule has 138 valence electrons. The summed E-state index contributed by atoms with van der Waals surface area (Å²) in [6.45, 7) is 0. The van der Waals surface area contributed by atoms with Crippen molar-refractivity contribution in [1.82, 2.24) is 14.6 Å². The van der Waals surface area contributed by atoms with E-state index in [1.165, 1.54) is 21.9 Å². The second-order valence-electron chi connectivity index (χ2n) is 5.81. The van der Waals surface area contributed by atoms with Gasteiger partial charge in [0, 0.05) is 23.3 Å². The fourth-order valence-electron chi connectivity index (χ4n) is 2.63. The molecule has 3 aromatic rings. The van der Waals surface area contributed by atoms with Crippen LogP contribution in [0.4, 0.5) is 5.82 Å². The molecule has 0 radical (unpaired) electrons. The molecule has 0 unspecified atom stereocenters. The first-order chi connectivity index (χ1) is 13.4. The fraction of sp³-hybridized carbons (Fsp3) is 0. The minimum Gasteiger partial charge on any atom is -0.383 e. The monoisotopic (exact) mass is 393 g/mol. The molecule has 0 atom stereocenters. The number of carbonyl (C=O) groups excluding carboxylic acids is 1. The number of aromatic nitrogens is 3. The molecule has 28 heavy (non-hydrogen) atoms. The third-order valence-corrected chi connectivity index (χ3v) is 4.97. The van der Waals surface area contributed by atoms with Crippen molar-refractivity contribution in [3.8, 4) is 10.6 Å². The van der Waals surface area contributed by atoms with Crippen molar-refractivity contribution >= 4 is 34.0 Å². The predicted molar refractivity (Wildman–Crippen MR) is 104 cm³/mol. The Morgan fingerprint density at radius 3 is 2.64 bits per heavy atom. The molecule has 0 amide bonds. The summed E-state index contributed by atoms with van der Waals surface area (Å²) < 4.78 is 1.32. The summed E-state index contributed by atoms with van der Waals surface area (Å²) in [5.41, 5.74) is 5.95. The standard InChI is InChI=1S/C18H11N5O4S/c19-15-13(9-11-8-12(23(26)27)6-7-14(11)24)16(25)20-18-22(15)21-17(28-18)10-4-2-1-3-5-10/h1-9H,19H2. The molecule has 0 saturated carbocycles. The molecule has 2 heterocycles. The van der Waals surface area contributed by atoms with Crippen LogP contribution in [0.5, 0.6) is 0 Å². The summed E-state index contributed by atoms with van der Waals surface area (Å²) in [7, 11) is 0. The lowest BCUT2D eigenvalue weighted by Crippen LogP contribution is -2.17. The molecule has 0 fully saturated rings. The maximum absolute atomic E-state index is 12.4. The molecule has 0 aliphatic heterocycles. The van der Waals surface area contributed by atoms with Gasteiger partial charge in [0.1, 0.15) is 10.8 Å². The Morgan fingerprint density at radius 2 is 1.93 bits per heavy atom. The Bertz CT molecular complexity index is 1280. The van der Waals surface area contributed by atoms with Gasteiger partial charge in [-0.2, -0.15) is 14.6 Å². The third kappa shape index (κ3) is 3.01. The number of nitro groups is 1. The number of nitrogens with two attached hydrogens (primary N) is 1. The molecule has 0 spiro atoms. The summed E-state index contributed by atoms with van der Waals surface area (Å²) in [5.74, 6) is -0.475. The summed E-state index contributed by atoms with van der Waals surface area (Å²) in [6, 6.07) is 9.33. The van der Waals surface area contributed by atoms with Crippen molar-refractivity contribution in [2.24, 2.45) is 0 Å². The Kier molecular flexibility index (Phi) is 4.17. The van der Waals surface area contributed by atoms with Gasteiger partial charge in [-0.05, 0) is 12.2 Å². The average Bonchev–Trinajstić information content (AvgIpc) is 3.11. The molecule has 1 aliphatic carbocycles. The number of rotatable bonds is 3. The first kappa shape index (κ1) is 17.5. The van der Waals surface area contributed by atoms with E-state index in [4.69, 9.17) is 5.73 Å². The lowest BCUT2D eigenvalue weighted by molar-refractivity contribution is -0.419. The van der Waals surface area contributed by atoms with Crippen molar-refractivity contribution in [3.63, 3.8) is 0 Å². The summed E-state index contributed by atoms with van der Waals surface area (Å²) >= 11 is 1.20. The van der Waals surface area contributed by atoms with E-state index in [0.29, 0.717) is 9.97 Å². The SMILES string of the molecule is Nc1c(C=C2C=C([N+](=O)[O-])C=CC2=O)c(=O)nc2sc(-c3ccccc3)nn12. The summed E-state index contributed by atoms with van der Waals surface area (Å²) in [4.78, 5) is 39.1. The van der Waals surface area contributed by atoms with Crippen LogP contribution in [-0.4, -0.2) is 25.3 Å². The summed E-state index contributed by atoms with van der Waals surface area (Å²) in [6.07, 6.45) is 4.46. The van der Waals surface area contributed by atoms with Crippen LogP contribution in [-0.2, 0) is 4.79 Å². The van der Waals surface area contributed by atoms with Gasteiger partial charge in [-0.1, -0.05) is 41.7 Å². The van der Waals surface area contributed by atoms with Crippen LogP contribution in [0.2, 0.25) is 0 Å². The normalized spacial score (nSPS) is 15.2. The highest BCUT2D eigenvalue weighted by Crippen LogP contribution is 2.26. The highest BCUT2D eigenvalue weighted by atomic mass is 32.1. The first-order valence-corrected chi connectivity index (χ1v) is 8.80. The maximum atomic E-state index is 12.4. The van der Waals surface area contributed by atoms with Gasteiger partial charge >= 0.3 is 0 Å². The molecule has 0 bridgehead atoms. The number of nitrogen functional groups attached to an aromatic ring is 1. The zero-order chi connectivity index (χ0) is 19.8. The van der Waals surface area contributed by atoms with Gasteiger partial charge in [0.15, 0.2) is 5.78 Å². The average molecular weight is 393 g/mol. The molecule has 4 rings (SSSR count). The van der Waals surface area contributed by atoms with E-state index >= 15 is 0 Å². The van der Waals surface area contributed by atoms with Crippen LogP contribution in [0.1, 0.15) is 5.56 Å². The second-order valence-corrected chi connectivity index (χ2v) is 6.76. The second kappa shape index (κ2) is 6.67. The molecular formula is C18H11N5O4S. The molecule has 10 heteroatoms. The fourth-order valence-corrected chi connectivity index (χ4v) is 3.54. The van der Waals surface area contributed by atoms with E-state index in [1.807, 2.05) is 30.3 Å². The smallest absolute Gasteiger partial charge is 0.283 e. The van der Waals surface area contributed by atoms with E-state index < -0.39 is 16.3 Å². The van der Waals surface area contributed by atoms with Gasteiger partial charge in [0.25, 0.3) is 11.3 Å². The minimum atomic E-state index is -0.647. The molecular weight excluding hydrogens is 382 g/mol. The molecule has 1 aliphatic rings. The Morgan fingerprint density at radius 1 is 1.18 bits per heavy atom. The number of hydrogen-bond acceptors (Lipinski definition) is 8. The van der Waals surface area contributed by atoms with Gasteiger partial charge in [-0.3, -0.25) is 19.7 Å². The molecule has 9 nitrogen and oxygen atoms in total. The van der Waals surface area contributed by atoms with E-state index in [1.54, 1.807) is 0 Å². The van der Waals surface area contributed by atoms with Crippen LogP contribution < -0.4 is 11.3 Å². The van der Waals surface area contributed by atoms with Crippen LogP contribution in [0.3, 0.4) is 0 Å². The number of anilines is 1. The minimum absolute atomic E-state index is 0.000614. The zero-order valence-electron chi connectivity index (χ0n) is 14.1. The van der Waals surface area contributed by atoms with Gasteiger partial charge < -0.3 is 5.73 Å². The van der Waals surface area contributed by atoms with Crippen LogP contribution in [0.25, 0.3) is 21.6 Å². The van der Waals surface area contributed by atoms with Gasteiger partial charge in [-0.25, -0.2) is 0 Å². The van der Waals surface area contributed by atoms with Crippen molar-refractivity contribution < 1.29 is 9.72 Å². The van der Waals surface area contributed by atoms with E-state index in [0.717, 1.165) is 23.8 Å². The number of carbonyl (C=O) groups is 1. The first-order valence-electron chi connectivity index (χ1n) is 7.99. The molecule has 2 N–H and O–H groups in total. The topological polar surface area (TPSA) is 133 Å². The highest BCUT2D eigenvalue weighted by Gasteiger charge is 2.20. The van der Waals surface area contributed by atoms with Gasteiger partial charge in [0.2, 0.25) is 4.96 Å². The van der Waals surface area contributed by atoms with Gasteiger partial charge in [-0.15, -0.1) is 0 Å². The Balaban J connectivity index is 1.87. The maximum Gasteiger partial charge on any atom is 0.283 e. The quantitative estimate of drug-likeness (QED) is 0.409. The van der Waals surface area contributed by atoms with Gasteiger partial charge in [0.05, 0.1) is 10.5 Å². The Labute approximate surface area is 160 Å². The number of benzene rings is 1. The van der Waals surface area contributed by atoms with Crippen LogP contribution >= 0.6 is 11.3 Å². The van der Waals surface area contributed by atoms with E-state index in [2.05, 4.69) is 10.1 Å². The molecule has 0 saturated heterocycles. The van der Waals surface area contributed by atoms with Crippen molar-refractivity contribution in [1.29, 1.82) is 0 Å². The number of nitrogens with zero attached hydrogens (tertiary/aromatic N) is 4. The lowest BCUT2D eigenvalue weighted by atomic mass is 10.0. The van der Waals surface area contributed by atoms with Crippen molar-refractivity contribution in [2.45, 2.75) is 0 Å². The lowest BCUT2D eigenvalue weighted by Gasteiger charge is -2.05. The van der Waals surface area contributed by atoms with Crippen LogP contribution in [0, 0.1) is 10.1 Å². The number of ketones is 1.